The van der Waals surface area contributed by atoms with Crippen LogP contribution in [0, 0.1) is 11.8 Å². The van der Waals surface area contributed by atoms with Crippen molar-refractivity contribution in [1.82, 2.24) is 20.0 Å². The van der Waals surface area contributed by atoms with Crippen molar-refractivity contribution >= 4 is 11.8 Å². The topological polar surface area (TPSA) is 76.1 Å². The number of carbonyl (C=O) groups is 2. The van der Waals surface area contributed by atoms with Crippen LogP contribution in [0.25, 0.3) is 0 Å². The lowest BCUT2D eigenvalue weighted by Gasteiger charge is -2.47. The van der Waals surface area contributed by atoms with E-state index < -0.39 is 17.8 Å². The molecule has 0 aromatic heterocycles. The summed E-state index contributed by atoms with van der Waals surface area (Å²) in [6, 6.07) is 10.3. The number of hydrogen-bond donors (Lipinski definition) is 2. The minimum absolute atomic E-state index is 0.0900. The second kappa shape index (κ2) is 11.0. The Labute approximate surface area is 236 Å². The van der Waals surface area contributed by atoms with Crippen LogP contribution in [0.15, 0.2) is 30.3 Å². The Morgan fingerprint density at radius 2 is 1.70 bits per heavy atom. The Morgan fingerprint density at radius 3 is 2.30 bits per heavy atom. The van der Waals surface area contributed by atoms with Gasteiger partial charge in [-0.1, -0.05) is 30.3 Å². The van der Waals surface area contributed by atoms with Crippen LogP contribution in [0.5, 0.6) is 0 Å². The summed E-state index contributed by atoms with van der Waals surface area (Å²) in [6.07, 6.45) is 5.81. The molecule has 3 aliphatic heterocycles. The molecule has 3 heterocycles. The minimum atomic E-state index is -2.65. The van der Waals surface area contributed by atoms with Gasteiger partial charge in [0.2, 0.25) is 17.7 Å². The van der Waals surface area contributed by atoms with E-state index in [2.05, 4.69) is 15.1 Å². The molecule has 3 unspecified atom stereocenters. The third-order valence-electron chi connectivity index (χ3n) is 10.5. The molecular weight excluding hydrogens is 514 g/mol. The highest BCUT2D eigenvalue weighted by Gasteiger charge is 2.62. The highest BCUT2D eigenvalue weighted by molar-refractivity contribution is 5.89. The van der Waals surface area contributed by atoms with Gasteiger partial charge in [-0.25, -0.2) is 13.7 Å². The van der Waals surface area contributed by atoms with Crippen LogP contribution in [-0.4, -0.2) is 81.2 Å². The van der Waals surface area contributed by atoms with Gasteiger partial charge in [-0.2, -0.15) is 0 Å². The summed E-state index contributed by atoms with van der Waals surface area (Å²) in [6.45, 7) is 4.04. The van der Waals surface area contributed by atoms with E-state index in [1.807, 2.05) is 37.3 Å². The van der Waals surface area contributed by atoms with Crippen molar-refractivity contribution in [3.8, 4) is 0 Å². The van der Waals surface area contributed by atoms with Crippen molar-refractivity contribution in [3.63, 3.8) is 0 Å². The fourth-order valence-corrected chi connectivity index (χ4v) is 8.01. The van der Waals surface area contributed by atoms with Crippen molar-refractivity contribution in [1.29, 1.82) is 0 Å². The predicted molar refractivity (Wildman–Crippen MR) is 147 cm³/mol. The number of aliphatic hydroxyl groups excluding tert-OH is 1. The summed E-state index contributed by atoms with van der Waals surface area (Å²) in [5.41, 5.74) is 0.414. The molecule has 9 heteroatoms. The first-order valence-electron chi connectivity index (χ1n) is 15.5. The van der Waals surface area contributed by atoms with Crippen LogP contribution in [0.4, 0.5) is 8.78 Å². The molecule has 1 spiro atoms. The number of benzene rings is 1. The molecule has 4 atom stereocenters. The number of fused-ring (bicyclic) bond motifs is 2. The number of nitrogens with zero attached hydrogens (tertiary/aromatic N) is 3. The third kappa shape index (κ3) is 5.29. The molecule has 3 saturated heterocycles. The number of nitrogens with one attached hydrogen (secondary N) is 1. The first-order chi connectivity index (χ1) is 19.2. The highest BCUT2D eigenvalue weighted by Crippen LogP contribution is 2.49. The highest BCUT2D eigenvalue weighted by atomic mass is 19.3. The number of aliphatic hydroxyl groups is 1. The Bertz CT molecular complexity index is 1060. The molecule has 1 aromatic carbocycles. The second-order valence-electron chi connectivity index (χ2n) is 13.0. The van der Waals surface area contributed by atoms with E-state index >= 15 is 0 Å². The largest absolute Gasteiger partial charge is 0.361 e. The van der Waals surface area contributed by atoms with Gasteiger partial charge in [-0.05, 0) is 76.2 Å². The SMILES string of the molecule is CCN1C(=O)C2(CC3CCC(C2)N3CC[C@H](NC(=O)C2CCC(F)(F)CC2)c2ccccc2)N(CC2CC2)C1O. The first-order valence-corrected chi connectivity index (χ1v) is 15.5. The second-order valence-corrected chi connectivity index (χ2v) is 13.0. The fraction of sp³-hybridized carbons (Fsp3) is 0.742. The molecule has 2 aliphatic carbocycles. The van der Waals surface area contributed by atoms with Crippen molar-refractivity contribution in [2.24, 2.45) is 11.8 Å². The van der Waals surface area contributed by atoms with Gasteiger partial charge in [0, 0.05) is 50.5 Å². The summed E-state index contributed by atoms with van der Waals surface area (Å²) in [5.74, 6) is -2.47. The summed E-state index contributed by atoms with van der Waals surface area (Å²) >= 11 is 0. The van der Waals surface area contributed by atoms with Crippen molar-refractivity contribution in [3.05, 3.63) is 35.9 Å². The molecule has 0 radical (unpaired) electrons. The number of piperidine rings is 1. The molecule has 40 heavy (non-hydrogen) atoms. The number of alkyl halides is 2. The van der Waals surface area contributed by atoms with E-state index in [4.69, 9.17) is 0 Å². The quantitative estimate of drug-likeness (QED) is 0.474. The standard InChI is InChI=1S/C31H44F2N4O3/c1-2-35-28(39)30(37(29(35)40)20-21-8-9-21)18-24-10-11-25(19-30)36(24)17-14-26(22-6-4-3-5-7-22)34-27(38)23-12-15-31(32,33)16-13-23/h3-7,21,23-26,29,40H,2,8-20H2,1H3,(H,34,38)/t24?,25?,26-,29?,30?/m0/s1. The number of likely N-dealkylation sites (N-methyl/N-ethyl adjacent to an activating group) is 1. The van der Waals surface area contributed by atoms with Crippen LogP contribution in [-0.2, 0) is 9.59 Å². The van der Waals surface area contributed by atoms with Crippen LogP contribution in [0.3, 0.4) is 0 Å². The van der Waals surface area contributed by atoms with Crippen molar-refractivity contribution < 1.29 is 23.5 Å². The van der Waals surface area contributed by atoms with Crippen LogP contribution < -0.4 is 5.32 Å². The van der Waals surface area contributed by atoms with Crippen LogP contribution >= 0.6 is 0 Å². The average Bonchev–Trinajstić information content (AvgIpc) is 3.70. The molecule has 1 aromatic rings. The Hall–Kier alpha value is -2.10. The zero-order valence-corrected chi connectivity index (χ0v) is 23.6. The number of carbonyl (C=O) groups excluding carboxylic acids is 2. The number of halogens is 2. The van der Waals surface area contributed by atoms with Gasteiger partial charge in [0.15, 0.2) is 6.35 Å². The van der Waals surface area contributed by atoms with E-state index in [1.165, 1.54) is 12.8 Å². The summed E-state index contributed by atoms with van der Waals surface area (Å²) < 4.78 is 27.4. The van der Waals surface area contributed by atoms with Gasteiger partial charge in [0.05, 0.1) is 6.04 Å². The van der Waals surface area contributed by atoms with E-state index in [9.17, 15) is 23.5 Å². The lowest BCUT2D eigenvalue weighted by Crippen LogP contribution is -2.61. The smallest absolute Gasteiger partial charge is 0.248 e. The van der Waals surface area contributed by atoms with Gasteiger partial charge in [0.1, 0.15) is 5.54 Å². The molecular formula is C31H44F2N4O3. The lowest BCUT2D eigenvalue weighted by atomic mass is 9.81. The van der Waals surface area contributed by atoms with E-state index in [1.54, 1.807) is 4.90 Å². The summed E-state index contributed by atoms with van der Waals surface area (Å²) in [7, 11) is 0. The summed E-state index contributed by atoms with van der Waals surface area (Å²) in [4.78, 5) is 33.2. The zero-order chi connectivity index (χ0) is 28.1. The predicted octanol–water partition coefficient (Wildman–Crippen LogP) is 4.28. The van der Waals surface area contributed by atoms with Crippen molar-refractivity contribution in [2.45, 2.75) is 113 Å². The number of amides is 2. The Morgan fingerprint density at radius 1 is 1.05 bits per heavy atom. The van der Waals surface area contributed by atoms with Gasteiger partial charge >= 0.3 is 0 Å². The molecule has 7 nitrogen and oxygen atoms in total. The lowest BCUT2D eigenvalue weighted by molar-refractivity contribution is -0.138. The van der Waals surface area contributed by atoms with Crippen molar-refractivity contribution in [2.75, 3.05) is 19.6 Å². The third-order valence-corrected chi connectivity index (χ3v) is 10.5. The molecule has 2 bridgehead atoms. The maximum absolute atomic E-state index is 13.7. The van der Waals surface area contributed by atoms with Gasteiger partial charge in [-0.15, -0.1) is 0 Å². The molecule has 6 rings (SSSR count). The summed E-state index contributed by atoms with van der Waals surface area (Å²) in [5, 5.41) is 14.3. The molecule has 220 valence electrons. The van der Waals surface area contributed by atoms with Gasteiger partial charge in [0.25, 0.3) is 0 Å². The monoisotopic (exact) mass is 558 g/mol. The first kappa shape index (κ1) is 28.0. The molecule has 5 fully saturated rings. The molecule has 2 saturated carbocycles. The Balaban J connectivity index is 1.14. The normalized spacial score (nSPS) is 33.5. The minimum Gasteiger partial charge on any atom is -0.361 e. The van der Waals surface area contributed by atoms with E-state index in [0.29, 0.717) is 12.5 Å². The maximum atomic E-state index is 13.7. The van der Waals surface area contributed by atoms with Gasteiger partial charge in [-0.3, -0.25) is 14.5 Å². The maximum Gasteiger partial charge on any atom is 0.248 e. The molecule has 5 aliphatic rings. The average molecular weight is 559 g/mol. The fourth-order valence-electron chi connectivity index (χ4n) is 8.01. The molecule has 2 N–H and O–H groups in total. The van der Waals surface area contributed by atoms with Gasteiger partial charge < -0.3 is 15.3 Å². The molecule has 2 amide bonds. The van der Waals surface area contributed by atoms with Crippen LogP contribution in [0.1, 0.15) is 89.2 Å². The number of rotatable bonds is 9. The Kier molecular flexibility index (Phi) is 7.68. The van der Waals surface area contributed by atoms with E-state index in [-0.39, 0.29) is 61.5 Å². The zero-order valence-electron chi connectivity index (χ0n) is 23.6. The van der Waals surface area contributed by atoms with E-state index in [0.717, 1.165) is 50.8 Å². The van der Waals surface area contributed by atoms with Crippen LogP contribution in [0.2, 0.25) is 0 Å². The number of hydrogen-bond acceptors (Lipinski definition) is 5.